The molecule has 2 aromatic rings. The van der Waals surface area contributed by atoms with Gasteiger partial charge in [0.25, 0.3) is 0 Å². The molecule has 1 aliphatic heterocycles. The summed E-state index contributed by atoms with van der Waals surface area (Å²) < 4.78 is 5.43. The monoisotopic (exact) mass is 370 g/mol. The number of nitrogens with one attached hydrogen (secondary N) is 1. The van der Waals surface area contributed by atoms with Crippen molar-refractivity contribution in [3.63, 3.8) is 0 Å². The van der Waals surface area contributed by atoms with E-state index in [9.17, 15) is 4.79 Å². The smallest absolute Gasteiger partial charge is 0.234 e. The molecule has 26 heavy (non-hydrogen) atoms. The highest BCUT2D eigenvalue weighted by atomic mass is 32.2. The van der Waals surface area contributed by atoms with Gasteiger partial charge in [0, 0.05) is 29.4 Å². The summed E-state index contributed by atoms with van der Waals surface area (Å²) in [5, 5.41) is 3.01. The number of piperidine rings is 1. The van der Waals surface area contributed by atoms with Gasteiger partial charge in [-0.1, -0.05) is 6.07 Å². The van der Waals surface area contributed by atoms with Gasteiger partial charge >= 0.3 is 0 Å². The van der Waals surface area contributed by atoms with Gasteiger partial charge in [0.1, 0.15) is 5.75 Å². The van der Waals surface area contributed by atoms with E-state index in [1.807, 2.05) is 43.3 Å². The van der Waals surface area contributed by atoms with Crippen LogP contribution in [-0.4, -0.2) is 31.4 Å². The zero-order chi connectivity index (χ0) is 18.2. The lowest BCUT2D eigenvalue weighted by atomic mass is 10.1. The molecule has 0 radical (unpaired) electrons. The van der Waals surface area contributed by atoms with Crippen molar-refractivity contribution in [3.05, 3.63) is 48.5 Å². The number of carbonyl (C=O) groups is 1. The molecule has 1 fully saturated rings. The van der Waals surface area contributed by atoms with Gasteiger partial charge in [-0.25, -0.2) is 0 Å². The van der Waals surface area contributed by atoms with Crippen molar-refractivity contribution in [2.75, 3.05) is 35.7 Å². The minimum Gasteiger partial charge on any atom is -0.494 e. The summed E-state index contributed by atoms with van der Waals surface area (Å²) in [5.41, 5.74) is 2.06. The summed E-state index contributed by atoms with van der Waals surface area (Å²) in [6, 6.07) is 16.0. The summed E-state index contributed by atoms with van der Waals surface area (Å²) in [6.45, 7) is 4.83. The van der Waals surface area contributed by atoms with Crippen LogP contribution in [0.15, 0.2) is 53.4 Å². The third-order valence-electron chi connectivity index (χ3n) is 4.36. The van der Waals surface area contributed by atoms with Crippen LogP contribution in [0.2, 0.25) is 0 Å². The molecule has 0 bridgehead atoms. The minimum atomic E-state index is 0.0136. The first-order valence-corrected chi connectivity index (χ1v) is 10.2. The zero-order valence-corrected chi connectivity index (χ0v) is 16.1. The van der Waals surface area contributed by atoms with E-state index in [0.717, 1.165) is 29.4 Å². The molecule has 3 rings (SSSR count). The molecule has 2 aromatic carbocycles. The van der Waals surface area contributed by atoms with Gasteiger partial charge in [-0.2, -0.15) is 0 Å². The van der Waals surface area contributed by atoms with Crippen LogP contribution in [0, 0.1) is 0 Å². The third-order valence-corrected chi connectivity index (χ3v) is 5.37. The highest BCUT2D eigenvalue weighted by molar-refractivity contribution is 8.00. The van der Waals surface area contributed by atoms with Gasteiger partial charge in [-0.3, -0.25) is 4.79 Å². The van der Waals surface area contributed by atoms with Gasteiger partial charge in [0.15, 0.2) is 0 Å². The quantitative estimate of drug-likeness (QED) is 0.711. The standard InChI is InChI=1S/C21H26N2O2S/c1-2-25-19-9-11-20(12-10-19)26-16-21(24)22-17-7-6-8-18(15-17)23-13-4-3-5-14-23/h6-12,15H,2-5,13-14,16H2,1H3,(H,22,24). The number of benzene rings is 2. The molecule has 0 aromatic heterocycles. The van der Waals surface area contributed by atoms with Crippen molar-refractivity contribution in [2.24, 2.45) is 0 Å². The summed E-state index contributed by atoms with van der Waals surface area (Å²) in [4.78, 5) is 15.7. The Bertz CT molecular complexity index is 712. The number of rotatable bonds is 7. The second-order valence-corrected chi connectivity index (χ2v) is 7.39. The SMILES string of the molecule is CCOc1ccc(SCC(=O)Nc2cccc(N3CCCCC3)c2)cc1. The largest absolute Gasteiger partial charge is 0.494 e. The molecule has 0 aliphatic carbocycles. The molecule has 0 spiro atoms. The molecule has 1 heterocycles. The Morgan fingerprint density at radius 3 is 2.62 bits per heavy atom. The first kappa shape index (κ1) is 18.6. The van der Waals surface area contributed by atoms with E-state index in [0.29, 0.717) is 12.4 Å². The van der Waals surface area contributed by atoms with Gasteiger partial charge in [0.2, 0.25) is 5.91 Å². The predicted octanol–water partition coefficient (Wildman–Crippen LogP) is 4.81. The number of ether oxygens (including phenoxy) is 1. The summed E-state index contributed by atoms with van der Waals surface area (Å²) >= 11 is 1.53. The summed E-state index contributed by atoms with van der Waals surface area (Å²) in [7, 11) is 0. The summed E-state index contributed by atoms with van der Waals surface area (Å²) in [5.74, 6) is 1.26. The molecule has 1 N–H and O–H groups in total. The molecule has 1 saturated heterocycles. The minimum absolute atomic E-state index is 0.0136. The lowest BCUT2D eigenvalue weighted by molar-refractivity contribution is -0.113. The average Bonchev–Trinajstić information content (AvgIpc) is 2.69. The van der Waals surface area contributed by atoms with E-state index in [1.54, 1.807) is 0 Å². The Hall–Kier alpha value is -2.14. The van der Waals surface area contributed by atoms with Crippen molar-refractivity contribution in [3.8, 4) is 5.75 Å². The number of hydrogen-bond acceptors (Lipinski definition) is 4. The first-order chi connectivity index (χ1) is 12.7. The maximum atomic E-state index is 12.3. The van der Waals surface area contributed by atoms with E-state index in [-0.39, 0.29) is 5.91 Å². The predicted molar refractivity (Wildman–Crippen MR) is 109 cm³/mol. The van der Waals surface area contributed by atoms with Crippen LogP contribution in [0.4, 0.5) is 11.4 Å². The fraction of sp³-hybridized carbons (Fsp3) is 0.381. The van der Waals surface area contributed by atoms with E-state index < -0.39 is 0 Å². The Kier molecular flexibility index (Phi) is 6.83. The lowest BCUT2D eigenvalue weighted by Crippen LogP contribution is -2.29. The van der Waals surface area contributed by atoms with E-state index in [1.165, 1.54) is 36.7 Å². The van der Waals surface area contributed by atoms with Crippen molar-refractivity contribution in [1.82, 2.24) is 0 Å². The Balaban J connectivity index is 1.51. The summed E-state index contributed by atoms with van der Waals surface area (Å²) in [6.07, 6.45) is 3.81. The first-order valence-electron chi connectivity index (χ1n) is 9.25. The van der Waals surface area contributed by atoms with Crippen LogP contribution in [0.25, 0.3) is 0 Å². The maximum absolute atomic E-state index is 12.3. The fourth-order valence-corrected chi connectivity index (χ4v) is 3.78. The highest BCUT2D eigenvalue weighted by Crippen LogP contribution is 2.24. The van der Waals surface area contributed by atoms with Gasteiger partial charge < -0.3 is 15.0 Å². The van der Waals surface area contributed by atoms with Crippen LogP contribution in [0.5, 0.6) is 5.75 Å². The topological polar surface area (TPSA) is 41.6 Å². The average molecular weight is 371 g/mol. The maximum Gasteiger partial charge on any atom is 0.234 e. The number of thioether (sulfide) groups is 1. The van der Waals surface area contributed by atoms with Crippen molar-refractivity contribution in [2.45, 2.75) is 31.1 Å². The number of anilines is 2. The van der Waals surface area contributed by atoms with Crippen molar-refractivity contribution in [1.29, 1.82) is 0 Å². The lowest BCUT2D eigenvalue weighted by Gasteiger charge is -2.29. The second kappa shape index (κ2) is 9.53. The van der Waals surface area contributed by atoms with Crippen molar-refractivity contribution < 1.29 is 9.53 Å². The zero-order valence-electron chi connectivity index (χ0n) is 15.2. The number of carbonyl (C=O) groups excluding carboxylic acids is 1. The molecule has 0 saturated carbocycles. The van der Waals surface area contributed by atoms with Crippen LogP contribution < -0.4 is 15.0 Å². The van der Waals surface area contributed by atoms with Gasteiger partial charge in [-0.15, -0.1) is 11.8 Å². The molecule has 138 valence electrons. The van der Waals surface area contributed by atoms with Gasteiger partial charge in [-0.05, 0) is 68.7 Å². The van der Waals surface area contributed by atoms with Crippen LogP contribution in [0.3, 0.4) is 0 Å². The van der Waals surface area contributed by atoms with E-state index in [2.05, 4.69) is 22.3 Å². The highest BCUT2D eigenvalue weighted by Gasteiger charge is 2.12. The Labute approximate surface area is 159 Å². The van der Waals surface area contributed by atoms with Gasteiger partial charge in [0.05, 0.1) is 12.4 Å². The van der Waals surface area contributed by atoms with Crippen LogP contribution in [-0.2, 0) is 4.79 Å². The Morgan fingerprint density at radius 1 is 1.12 bits per heavy atom. The normalized spacial score (nSPS) is 14.1. The van der Waals surface area contributed by atoms with E-state index in [4.69, 9.17) is 4.74 Å². The number of amides is 1. The Morgan fingerprint density at radius 2 is 1.88 bits per heavy atom. The molecule has 5 heteroatoms. The second-order valence-electron chi connectivity index (χ2n) is 6.34. The fourth-order valence-electron chi connectivity index (χ4n) is 3.08. The van der Waals surface area contributed by atoms with E-state index >= 15 is 0 Å². The molecule has 1 amide bonds. The van der Waals surface area contributed by atoms with Crippen molar-refractivity contribution >= 4 is 29.0 Å². The molecule has 1 aliphatic rings. The molecular formula is C21H26N2O2S. The molecular weight excluding hydrogens is 344 g/mol. The molecule has 0 unspecified atom stereocenters. The van der Waals surface area contributed by atoms with Crippen LogP contribution in [0.1, 0.15) is 26.2 Å². The third kappa shape index (κ3) is 5.43. The van der Waals surface area contributed by atoms with Crippen LogP contribution >= 0.6 is 11.8 Å². The molecule has 4 nitrogen and oxygen atoms in total. The number of hydrogen-bond donors (Lipinski definition) is 1. The molecule has 0 atom stereocenters. The number of nitrogens with zero attached hydrogens (tertiary/aromatic N) is 1.